The summed E-state index contributed by atoms with van der Waals surface area (Å²) in [5.41, 5.74) is 0. The van der Waals surface area contributed by atoms with E-state index in [0.29, 0.717) is 19.3 Å². The van der Waals surface area contributed by atoms with Crippen molar-refractivity contribution in [2.45, 2.75) is 45.9 Å². The minimum Gasteiger partial charge on any atom is -0.299 e. The molecular formula is C9H16O2. The Morgan fingerprint density at radius 1 is 1.18 bits per heavy atom. The molecule has 0 aromatic carbocycles. The quantitative estimate of drug-likeness (QED) is 0.553. The van der Waals surface area contributed by atoms with Crippen LogP contribution < -0.4 is 0 Å². The van der Waals surface area contributed by atoms with Gasteiger partial charge in [0.15, 0.2) is 0 Å². The fraction of sp³-hybridized carbons (Fsp3) is 0.778. The van der Waals surface area contributed by atoms with E-state index in [4.69, 9.17) is 1.37 Å². The van der Waals surface area contributed by atoms with Crippen molar-refractivity contribution in [3.05, 3.63) is 0 Å². The Morgan fingerprint density at radius 3 is 2.18 bits per heavy atom. The van der Waals surface area contributed by atoms with E-state index in [0.717, 1.165) is 6.42 Å². The molecule has 0 fully saturated rings. The van der Waals surface area contributed by atoms with E-state index in [1.54, 1.807) is 0 Å². The van der Waals surface area contributed by atoms with Crippen molar-refractivity contribution >= 4 is 11.6 Å². The Hall–Kier alpha value is -0.660. The molecule has 0 radical (unpaired) electrons. The van der Waals surface area contributed by atoms with Gasteiger partial charge in [0.2, 0.25) is 0 Å². The van der Waals surface area contributed by atoms with E-state index in [1.165, 1.54) is 0 Å². The first-order chi connectivity index (χ1) is 5.70. The molecule has 0 aliphatic heterocycles. The van der Waals surface area contributed by atoms with Crippen LogP contribution in [0.3, 0.4) is 0 Å². The smallest absolute Gasteiger partial charge is 0.140 e. The van der Waals surface area contributed by atoms with Crippen LogP contribution in [0, 0.1) is 0 Å². The summed E-state index contributed by atoms with van der Waals surface area (Å²) in [4.78, 5) is 21.9. The van der Waals surface area contributed by atoms with Crippen LogP contribution in [0.25, 0.3) is 0 Å². The minimum absolute atomic E-state index is 0.0132. The number of hydrogen-bond acceptors (Lipinski definition) is 2. The molecule has 2 heteroatoms. The molecule has 64 valence electrons. The molecule has 2 nitrogen and oxygen atoms in total. The molecule has 0 rings (SSSR count). The summed E-state index contributed by atoms with van der Waals surface area (Å²) in [5, 5.41) is 0. The fourth-order valence-corrected chi connectivity index (χ4v) is 0.873. The molecule has 0 bridgehead atoms. The summed E-state index contributed by atoms with van der Waals surface area (Å²) in [5.74, 6) is 0.0215. The van der Waals surface area contributed by atoms with Gasteiger partial charge in [0.1, 0.15) is 11.6 Å². The highest BCUT2D eigenvalue weighted by Crippen LogP contribution is 1.99. The summed E-state index contributed by atoms with van der Waals surface area (Å²) in [6.45, 7) is 2.19. The molecule has 0 spiro atoms. The zero-order valence-corrected chi connectivity index (χ0v) is 7.06. The van der Waals surface area contributed by atoms with E-state index in [2.05, 4.69) is 0 Å². The summed E-state index contributed by atoms with van der Waals surface area (Å²) in [6, 6.07) is 0. The third-order valence-corrected chi connectivity index (χ3v) is 1.38. The summed E-state index contributed by atoms with van der Waals surface area (Å²) in [6.07, 6.45) is 2.36. The lowest BCUT2D eigenvalue weighted by molar-refractivity contribution is -0.127. The lowest BCUT2D eigenvalue weighted by Gasteiger charge is -1.96. The minimum atomic E-state index is -0.0132. The molecule has 0 aromatic rings. The van der Waals surface area contributed by atoms with Crippen molar-refractivity contribution in [2.75, 3.05) is 0 Å². The van der Waals surface area contributed by atoms with Crippen LogP contribution in [0.1, 0.15) is 47.3 Å². The lowest BCUT2D eigenvalue weighted by atomic mass is 10.1. The van der Waals surface area contributed by atoms with Crippen LogP contribution in [-0.4, -0.2) is 11.6 Å². The maximum absolute atomic E-state index is 11.0. The van der Waals surface area contributed by atoms with Gasteiger partial charge in [-0.2, -0.15) is 0 Å². The van der Waals surface area contributed by atoms with Gasteiger partial charge >= 0.3 is 0 Å². The molecule has 0 saturated carbocycles. The first-order valence-electron chi connectivity index (χ1n) is 4.74. The normalized spacial score (nSPS) is 10.8. The van der Waals surface area contributed by atoms with Crippen LogP contribution in [0.5, 0.6) is 0 Å². The average molecular weight is 157 g/mol. The molecule has 0 saturated heterocycles. The second-order valence-corrected chi connectivity index (χ2v) is 2.61. The predicted octanol–water partition coefficient (Wildman–Crippen LogP) is 2.11. The molecule has 0 amide bonds. The SMILES string of the molecule is [2H]CCCC(=O)CC(=O)CCC. The van der Waals surface area contributed by atoms with Gasteiger partial charge in [-0.25, -0.2) is 0 Å². The van der Waals surface area contributed by atoms with Crippen LogP contribution >= 0.6 is 0 Å². The van der Waals surface area contributed by atoms with Crippen molar-refractivity contribution in [1.82, 2.24) is 0 Å². The first kappa shape index (κ1) is 8.44. The van der Waals surface area contributed by atoms with E-state index in [-0.39, 0.29) is 24.9 Å². The highest BCUT2D eigenvalue weighted by atomic mass is 16.1. The number of carbonyl (C=O) groups excluding carboxylic acids is 2. The standard InChI is InChI=1S/C9H16O2/c1-3-5-8(10)7-9(11)6-4-2/h3-7H2,1-2H3/i1D. The van der Waals surface area contributed by atoms with Gasteiger partial charge in [-0.1, -0.05) is 13.8 Å². The van der Waals surface area contributed by atoms with E-state index in [1.807, 2.05) is 6.92 Å². The van der Waals surface area contributed by atoms with Crippen molar-refractivity contribution in [2.24, 2.45) is 0 Å². The second kappa shape index (κ2) is 6.08. The maximum Gasteiger partial charge on any atom is 0.140 e. The van der Waals surface area contributed by atoms with Crippen LogP contribution in [0.15, 0.2) is 0 Å². The predicted molar refractivity (Wildman–Crippen MR) is 44.4 cm³/mol. The Bertz CT molecular complexity index is 155. The van der Waals surface area contributed by atoms with Gasteiger partial charge in [0.05, 0.1) is 6.42 Å². The Balaban J connectivity index is 3.47. The monoisotopic (exact) mass is 157 g/mol. The molecule has 0 unspecified atom stereocenters. The molecule has 0 N–H and O–H groups in total. The van der Waals surface area contributed by atoms with E-state index in [9.17, 15) is 9.59 Å². The van der Waals surface area contributed by atoms with Gasteiger partial charge in [0, 0.05) is 14.2 Å². The number of ketones is 2. The Kier molecular flexibility index (Phi) is 4.66. The van der Waals surface area contributed by atoms with Crippen molar-refractivity contribution in [3.8, 4) is 0 Å². The van der Waals surface area contributed by atoms with Crippen molar-refractivity contribution in [3.63, 3.8) is 0 Å². The molecule has 0 aromatic heterocycles. The fourth-order valence-electron chi connectivity index (χ4n) is 0.873. The van der Waals surface area contributed by atoms with Gasteiger partial charge in [-0.05, 0) is 12.8 Å². The third kappa shape index (κ3) is 5.77. The van der Waals surface area contributed by atoms with Gasteiger partial charge in [-0.3, -0.25) is 9.59 Å². The molecule has 0 aliphatic carbocycles. The average Bonchev–Trinajstić information content (AvgIpc) is 2.01. The molecular weight excluding hydrogens is 140 g/mol. The summed E-state index contributed by atoms with van der Waals surface area (Å²) in [7, 11) is 0. The molecule has 0 heterocycles. The zero-order valence-electron chi connectivity index (χ0n) is 8.06. The Labute approximate surface area is 69.4 Å². The molecule has 0 aliphatic rings. The first-order valence-corrected chi connectivity index (χ1v) is 4.03. The number of carbonyl (C=O) groups is 2. The Morgan fingerprint density at radius 2 is 1.73 bits per heavy atom. The van der Waals surface area contributed by atoms with Gasteiger partial charge in [0.25, 0.3) is 0 Å². The van der Waals surface area contributed by atoms with Gasteiger partial charge < -0.3 is 0 Å². The highest BCUT2D eigenvalue weighted by molar-refractivity contribution is 5.98. The summed E-state index contributed by atoms with van der Waals surface area (Å²) < 4.78 is 6.82. The topological polar surface area (TPSA) is 34.1 Å². The summed E-state index contributed by atoms with van der Waals surface area (Å²) >= 11 is 0. The maximum atomic E-state index is 11.0. The third-order valence-electron chi connectivity index (χ3n) is 1.38. The number of hydrogen-bond donors (Lipinski definition) is 0. The largest absolute Gasteiger partial charge is 0.299 e. The molecule has 11 heavy (non-hydrogen) atoms. The highest BCUT2D eigenvalue weighted by Gasteiger charge is 2.06. The lowest BCUT2D eigenvalue weighted by Crippen LogP contribution is -2.06. The van der Waals surface area contributed by atoms with Crippen LogP contribution in [0.4, 0.5) is 0 Å². The number of rotatable bonds is 6. The van der Waals surface area contributed by atoms with Gasteiger partial charge in [-0.15, -0.1) is 0 Å². The van der Waals surface area contributed by atoms with Crippen LogP contribution in [0.2, 0.25) is 0 Å². The zero-order chi connectivity index (χ0) is 9.40. The van der Waals surface area contributed by atoms with E-state index < -0.39 is 0 Å². The van der Waals surface area contributed by atoms with E-state index >= 15 is 0 Å². The number of Topliss-reactive ketones (excluding diaryl/α,β-unsaturated/α-hetero) is 2. The van der Waals surface area contributed by atoms with Crippen LogP contribution in [-0.2, 0) is 9.59 Å². The molecule has 0 atom stereocenters. The van der Waals surface area contributed by atoms with Crippen molar-refractivity contribution in [1.29, 1.82) is 0 Å². The second-order valence-electron chi connectivity index (χ2n) is 2.61. The van der Waals surface area contributed by atoms with Crippen molar-refractivity contribution < 1.29 is 11.0 Å².